The van der Waals surface area contributed by atoms with E-state index < -0.39 is 10.0 Å². The number of aryl methyl sites for hydroxylation is 3. The van der Waals surface area contributed by atoms with Gasteiger partial charge in [-0.05, 0) is 77.7 Å². The summed E-state index contributed by atoms with van der Waals surface area (Å²) >= 11 is 0. The van der Waals surface area contributed by atoms with Gasteiger partial charge >= 0.3 is 0 Å². The van der Waals surface area contributed by atoms with E-state index in [1.54, 1.807) is 0 Å². The minimum atomic E-state index is -3.76. The zero-order chi connectivity index (χ0) is 21.9. The van der Waals surface area contributed by atoms with E-state index in [0.29, 0.717) is 4.90 Å². The van der Waals surface area contributed by atoms with E-state index >= 15 is 0 Å². The van der Waals surface area contributed by atoms with Crippen molar-refractivity contribution in [1.82, 2.24) is 14.5 Å². The average molecular weight is 436 g/mol. The average Bonchev–Trinajstić information content (AvgIpc) is 2.67. The van der Waals surface area contributed by atoms with Gasteiger partial charge in [-0.25, -0.2) is 8.42 Å². The van der Waals surface area contributed by atoms with E-state index in [1.807, 2.05) is 32.9 Å². The highest BCUT2D eigenvalue weighted by atomic mass is 32.2. The molecular formula is C23H37N3O3S. The van der Waals surface area contributed by atoms with Gasteiger partial charge in [-0.2, -0.15) is 4.31 Å². The Morgan fingerprint density at radius 3 is 2.17 bits per heavy atom. The topological polar surface area (TPSA) is 69.7 Å². The molecule has 0 spiro atoms. The van der Waals surface area contributed by atoms with Crippen molar-refractivity contribution in [3.8, 4) is 0 Å². The molecule has 7 heteroatoms. The number of hydrogen-bond acceptors (Lipinski definition) is 4. The number of benzene rings is 1. The number of nitrogens with one attached hydrogen (secondary N) is 1. The number of nitrogens with zero attached hydrogens (tertiary/aromatic N) is 2. The van der Waals surface area contributed by atoms with Crippen molar-refractivity contribution in [2.24, 2.45) is 0 Å². The normalized spacial score (nSPS) is 19.9. The van der Waals surface area contributed by atoms with Crippen LogP contribution in [0.25, 0.3) is 0 Å². The smallest absolute Gasteiger partial charge is 0.244 e. The molecule has 1 N–H and O–H groups in total. The molecule has 1 aromatic rings. The molecular weight excluding hydrogens is 398 g/mol. The Morgan fingerprint density at radius 1 is 1.03 bits per heavy atom. The van der Waals surface area contributed by atoms with Crippen LogP contribution in [-0.2, 0) is 14.8 Å². The second-order valence-electron chi connectivity index (χ2n) is 9.22. The first-order valence-electron chi connectivity index (χ1n) is 11.3. The molecule has 3 rings (SSSR count). The zero-order valence-electron chi connectivity index (χ0n) is 18.9. The minimum Gasteiger partial charge on any atom is -0.352 e. The summed E-state index contributed by atoms with van der Waals surface area (Å²) in [5, 5.41) is 3.10. The number of rotatable bonds is 6. The number of hydrogen-bond donors (Lipinski definition) is 1. The molecule has 6 nitrogen and oxygen atoms in total. The second-order valence-corrected chi connectivity index (χ2v) is 11.0. The molecule has 1 saturated carbocycles. The highest BCUT2D eigenvalue weighted by molar-refractivity contribution is 7.89. The van der Waals surface area contributed by atoms with Crippen LogP contribution in [-0.4, -0.2) is 62.3 Å². The van der Waals surface area contributed by atoms with Gasteiger partial charge in [0.05, 0.1) is 11.4 Å². The van der Waals surface area contributed by atoms with E-state index in [9.17, 15) is 13.2 Å². The Bertz CT molecular complexity index is 831. The van der Waals surface area contributed by atoms with Gasteiger partial charge in [0.1, 0.15) is 0 Å². The number of likely N-dealkylation sites (tertiary alicyclic amines) is 1. The summed E-state index contributed by atoms with van der Waals surface area (Å²) in [7, 11) is -1.67. The first kappa shape index (κ1) is 23.2. The van der Waals surface area contributed by atoms with Crippen molar-refractivity contribution >= 4 is 15.9 Å². The molecule has 1 heterocycles. The van der Waals surface area contributed by atoms with Crippen molar-refractivity contribution in [3.63, 3.8) is 0 Å². The Kier molecular flexibility index (Phi) is 7.58. The van der Waals surface area contributed by atoms with E-state index in [-0.39, 0.29) is 24.5 Å². The van der Waals surface area contributed by atoms with Crippen molar-refractivity contribution in [2.75, 3.05) is 26.7 Å². The third-order valence-electron chi connectivity index (χ3n) is 6.54. The quantitative estimate of drug-likeness (QED) is 0.745. The highest BCUT2D eigenvalue weighted by Crippen LogP contribution is 2.31. The van der Waals surface area contributed by atoms with Crippen molar-refractivity contribution in [1.29, 1.82) is 0 Å². The van der Waals surface area contributed by atoms with Gasteiger partial charge in [-0.1, -0.05) is 37.0 Å². The standard InChI is InChI=1S/C23H37N3O3S/c1-17-14-18(2)23(19(3)15-17)30(28,29)26(21-8-6-5-7-9-21)16-22(27)24-20-10-12-25(4)13-11-20/h14-15,20-21H,5-13,16H2,1-4H3,(H,24,27). The predicted molar refractivity (Wildman–Crippen MR) is 120 cm³/mol. The molecule has 0 unspecified atom stereocenters. The molecule has 0 bridgehead atoms. The Balaban J connectivity index is 1.84. The maximum atomic E-state index is 13.8. The molecule has 0 aromatic heterocycles. The molecule has 2 aliphatic rings. The molecule has 168 valence electrons. The number of sulfonamides is 1. The lowest BCUT2D eigenvalue weighted by molar-refractivity contribution is -0.122. The fourth-order valence-corrected chi connectivity index (χ4v) is 7.09. The van der Waals surface area contributed by atoms with E-state index in [1.165, 1.54) is 4.31 Å². The molecule has 1 aliphatic heterocycles. The molecule has 0 radical (unpaired) electrons. The number of piperidine rings is 1. The molecule has 1 saturated heterocycles. The van der Waals surface area contributed by atoms with Gasteiger partial charge < -0.3 is 10.2 Å². The Hall–Kier alpha value is -1.44. The van der Waals surface area contributed by atoms with Crippen molar-refractivity contribution < 1.29 is 13.2 Å². The Morgan fingerprint density at radius 2 is 1.60 bits per heavy atom. The fraction of sp³-hybridized carbons (Fsp3) is 0.696. The SMILES string of the molecule is Cc1cc(C)c(S(=O)(=O)N(CC(=O)NC2CCN(C)CC2)C2CCCCC2)c(C)c1. The maximum Gasteiger partial charge on any atom is 0.244 e. The summed E-state index contributed by atoms with van der Waals surface area (Å²) in [4.78, 5) is 15.5. The lowest BCUT2D eigenvalue weighted by Crippen LogP contribution is -2.50. The number of carbonyl (C=O) groups excluding carboxylic acids is 1. The lowest BCUT2D eigenvalue weighted by atomic mass is 9.95. The maximum absolute atomic E-state index is 13.8. The summed E-state index contributed by atoms with van der Waals surface area (Å²) < 4.78 is 29.1. The van der Waals surface area contributed by atoms with Gasteiger partial charge in [-0.3, -0.25) is 4.79 Å². The van der Waals surface area contributed by atoms with Crippen LogP contribution in [0.15, 0.2) is 17.0 Å². The molecule has 1 aromatic carbocycles. The fourth-order valence-electron chi connectivity index (χ4n) is 5.04. The van der Waals surface area contributed by atoms with Crippen LogP contribution in [0.2, 0.25) is 0 Å². The Labute approximate surface area is 182 Å². The largest absolute Gasteiger partial charge is 0.352 e. The highest BCUT2D eigenvalue weighted by Gasteiger charge is 2.36. The third kappa shape index (κ3) is 5.42. The summed E-state index contributed by atoms with van der Waals surface area (Å²) in [6.45, 7) is 7.50. The van der Waals surface area contributed by atoms with Crippen LogP contribution >= 0.6 is 0 Å². The summed E-state index contributed by atoms with van der Waals surface area (Å²) in [6, 6.07) is 3.86. The van der Waals surface area contributed by atoms with Gasteiger partial charge in [0.2, 0.25) is 15.9 Å². The summed E-state index contributed by atoms with van der Waals surface area (Å²) in [5.41, 5.74) is 2.56. The van der Waals surface area contributed by atoms with Crippen molar-refractivity contribution in [2.45, 2.75) is 82.7 Å². The lowest BCUT2D eigenvalue weighted by Gasteiger charge is -2.35. The van der Waals surface area contributed by atoms with Crippen LogP contribution in [0.4, 0.5) is 0 Å². The van der Waals surface area contributed by atoms with Crippen molar-refractivity contribution in [3.05, 3.63) is 28.8 Å². The van der Waals surface area contributed by atoms with Crippen LogP contribution in [0, 0.1) is 20.8 Å². The molecule has 2 fully saturated rings. The molecule has 1 aliphatic carbocycles. The van der Waals surface area contributed by atoms with Gasteiger partial charge in [0, 0.05) is 12.1 Å². The molecule has 1 amide bonds. The second kappa shape index (κ2) is 9.79. The van der Waals surface area contributed by atoms with E-state index in [4.69, 9.17) is 0 Å². The summed E-state index contributed by atoms with van der Waals surface area (Å²) in [5.74, 6) is -0.180. The van der Waals surface area contributed by atoms with Gasteiger partial charge in [0.25, 0.3) is 0 Å². The molecule has 30 heavy (non-hydrogen) atoms. The first-order chi connectivity index (χ1) is 14.2. The third-order valence-corrected chi connectivity index (χ3v) is 8.74. The first-order valence-corrected chi connectivity index (χ1v) is 12.7. The van der Waals surface area contributed by atoms with Gasteiger partial charge in [-0.15, -0.1) is 0 Å². The number of amides is 1. The predicted octanol–water partition coefficient (Wildman–Crippen LogP) is 3.15. The van der Waals surface area contributed by atoms with Crippen LogP contribution in [0.1, 0.15) is 61.6 Å². The van der Waals surface area contributed by atoms with Crippen LogP contribution < -0.4 is 5.32 Å². The monoisotopic (exact) mass is 435 g/mol. The molecule has 0 atom stereocenters. The van der Waals surface area contributed by atoms with Crippen LogP contribution in [0.5, 0.6) is 0 Å². The summed E-state index contributed by atoms with van der Waals surface area (Å²) in [6.07, 6.45) is 6.63. The van der Waals surface area contributed by atoms with E-state index in [2.05, 4.69) is 17.3 Å². The van der Waals surface area contributed by atoms with E-state index in [0.717, 1.165) is 74.7 Å². The van der Waals surface area contributed by atoms with Crippen LogP contribution in [0.3, 0.4) is 0 Å². The zero-order valence-corrected chi connectivity index (χ0v) is 19.7. The van der Waals surface area contributed by atoms with Gasteiger partial charge in [0.15, 0.2) is 0 Å². The minimum absolute atomic E-state index is 0.0912. The number of carbonyl (C=O) groups is 1.